The van der Waals surface area contributed by atoms with Crippen LogP contribution in [0.1, 0.15) is 22.9 Å². The molecule has 1 atom stereocenters. The number of furan rings is 1. The van der Waals surface area contributed by atoms with Gasteiger partial charge in [0.1, 0.15) is 17.4 Å². The molecule has 3 nitrogen and oxygen atoms in total. The Hall–Kier alpha value is -1.08. The van der Waals surface area contributed by atoms with Crippen molar-refractivity contribution in [1.82, 2.24) is 5.43 Å². The van der Waals surface area contributed by atoms with Crippen LogP contribution in [0.15, 0.2) is 46.9 Å². The van der Waals surface area contributed by atoms with Gasteiger partial charge in [-0.15, -0.1) is 0 Å². The number of fused-ring (bicyclic) bond motifs is 1. The van der Waals surface area contributed by atoms with Crippen molar-refractivity contribution in [2.24, 2.45) is 5.84 Å². The highest BCUT2D eigenvalue weighted by atomic mass is 127. The van der Waals surface area contributed by atoms with Gasteiger partial charge >= 0.3 is 0 Å². The van der Waals surface area contributed by atoms with Crippen LogP contribution in [0.5, 0.6) is 0 Å². The van der Waals surface area contributed by atoms with Gasteiger partial charge in [0, 0.05) is 14.0 Å². The lowest BCUT2D eigenvalue weighted by Gasteiger charge is -2.15. The second kappa shape index (κ2) is 5.96. The summed E-state index contributed by atoms with van der Waals surface area (Å²) in [6, 6.07) is 13.6. The van der Waals surface area contributed by atoms with E-state index >= 15 is 0 Å². The molecule has 3 aromatic rings. The molecule has 0 amide bonds. The monoisotopic (exact) mass is 412 g/mol. The second-order valence-corrected chi connectivity index (χ2v) is 6.55. The summed E-state index contributed by atoms with van der Waals surface area (Å²) in [7, 11) is 0. The first-order chi connectivity index (χ1) is 10.1. The average Bonchev–Trinajstić information content (AvgIpc) is 2.86. The van der Waals surface area contributed by atoms with Crippen molar-refractivity contribution >= 4 is 45.2 Å². The van der Waals surface area contributed by atoms with Gasteiger partial charge in [-0.2, -0.15) is 0 Å². The molecule has 0 saturated heterocycles. The van der Waals surface area contributed by atoms with E-state index in [-0.39, 0.29) is 6.04 Å². The van der Waals surface area contributed by atoms with E-state index in [0.717, 1.165) is 25.9 Å². The highest BCUT2D eigenvalue weighted by Gasteiger charge is 2.20. The summed E-state index contributed by atoms with van der Waals surface area (Å²) in [5, 5.41) is 1.75. The first kappa shape index (κ1) is 14.8. The molecule has 0 fully saturated rings. The molecule has 0 radical (unpaired) electrons. The number of halogens is 2. The topological polar surface area (TPSA) is 51.2 Å². The van der Waals surface area contributed by atoms with E-state index in [0.29, 0.717) is 5.02 Å². The predicted molar refractivity (Wildman–Crippen MR) is 94.3 cm³/mol. The SMILES string of the molecule is Cc1ccc2oc(C(NN)c3cc(Cl)ccc3I)cc2c1. The quantitative estimate of drug-likeness (QED) is 0.377. The van der Waals surface area contributed by atoms with Crippen molar-refractivity contribution in [3.05, 3.63) is 67.9 Å². The highest BCUT2D eigenvalue weighted by molar-refractivity contribution is 14.1. The van der Waals surface area contributed by atoms with Gasteiger partial charge in [0.2, 0.25) is 0 Å². The summed E-state index contributed by atoms with van der Waals surface area (Å²) in [5.41, 5.74) is 5.88. The molecule has 1 aromatic heterocycles. The first-order valence-corrected chi connectivity index (χ1v) is 7.95. The van der Waals surface area contributed by atoms with Crippen LogP contribution in [0.3, 0.4) is 0 Å². The van der Waals surface area contributed by atoms with E-state index in [9.17, 15) is 0 Å². The molecule has 0 spiro atoms. The normalized spacial score (nSPS) is 12.8. The Labute approximate surface area is 141 Å². The molecule has 5 heteroatoms. The average molecular weight is 413 g/mol. The van der Waals surface area contributed by atoms with Gasteiger partial charge in [-0.1, -0.05) is 23.2 Å². The third-order valence-electron chi connectivity index (χ3n) is 3.41. The predicted octanol–water partition coefficient (Wildman–Crippen LogP) is 4.55. The Morgan fingerprint density at radius 2 is 2.00 bits per heavy atom. The maximum atomic E-state index is 6.10. The molecule has 1 unspecified atom stereocenters. The van der Waals surface area contributed by atoms with Crippen LogP contribution in [0.25, 0.3) is 11.0 Å². The Morgan fingerprint density at radius 3 is 2.76 bits per heavy atom. The summed E-state index contributed by atoms with van der Waals surface area (Å²) in [6.07, 6.45) is 0. The number of hydrazine groups is 1. The van der Waals surface area contributed by atoms with Gasteiger partial charge < -0.3 is 4.42 Å². The summed E-state index contributed by atoms with van der Waals surface area (Å²) < 4.78 is 7.02. The molecular formula is C16H14ClIN2O. The van der Waals surface area contributed by atoms with Crippen LogP contribution in [-0.2, 0) is 0 Å². The van der Waals surface area contributed by atoms with Crippen molar-refractivity contribution in [1.29, 1.82) is 0 Å². The molecular weight excluding hydrogens is 399 g/mol. The zero-order valence-electron chi connectivity index (χ0n) is 11.4. The smallest absolute Gasteiger partial charge is 0.134 e. The largest absolute Gasteiger partial charge is 0.459 e. The van der Waals surface area contributed by atoms with Crippen LogP contribution in [0, 0.1) is 10.5 Å². The highest BCUT2D eigenvalue weighted by Crippen LogP contribution is 2.32. The van der Waals surface area contributed by atoms with Crippen molar-refractivity contribution in [2.45, 2.75) is 13.0 Å². The molecule has 2 aromatic carbocycles. The molecule has 0 bridgehead atoms. The first-order valence-electron chi connectivity index (χ1n) is 6.49. The maximum Gasteiger partial charge on any atom is 0.134 e. The third kappa shape index (κ3) is 2.94. The van der Waals surface area contributed by atoms with E-state index < -0.39 is 0 Å². The van der Waals surface area contributed by atoms with E-state index in [2.05, 4.69) is 41.0 Å². The van der Waals surface area contributed by atoms with Crippen LogP contribution < -0.4 is 11.3 Å². The zero-order valence-corrected chi connectivity index (χ0v) is 14.3. The number of benzene rings is 2. The van der Waals surface area contributed by atoms with Crippen LogP contribution in [-0.4, -0.2) is 0 Å². The lowest BCUT2D eigenvalue weighted by molar-refractivity contribution is 0.476. The molecule has 0 aliphatic carbocycles. The minimum atomic E-state index is -0.233. The maximum absolute atomic E-state index is 6.10. The molecule has 0 aliphatic heterocycles. The van der Waals surface area contributed by atoms with E-state index in [1.807, 2.05) is 36.4 Å². The number of hydrogen-bond donors (Lipinski definition) is 2. The minimum Gasteiger partial charge on any atom is -0.459 e. The summed E-state index contributed by atoms with van der Waals surface area (Å²) >= 11 is 8.37. The van der Waals surface area contributed by atoms with Gasteiger partial charge in [-0.3, -0.25) is 5.84 Å². The van der Waals surface area contributed by atoms with E-state index in [1.165, 1.54) is 5.56 Å². The fourth-order valence-electron chi connectivity index (χ4n) is 2.39. The van der Waals surface area contributed by atoms with E-state index in [1.54, 1.807) is 0 Å². The van der Waals surface area contributed by atoms with Gasteiger partial charge in [-0.05, 0) is 71.5 Å². The third-order valence-corrected chi connectivity index (χ3v) is 4.63. The van der Waals surface area contributed by atoms with Gasteiger partial charge in [-0.25, -0.2) is 5.43 Å². The Bertz CT molecular complexity index is 800. The summed E-state index contributed by atoms with van der Waals surface area (Å²) in [5.74, 6) is 6.53. The molecule has 3 rings (SSSR count). The minimum absolute atomic E-state index is 0.233. The van der Waals surface area contributed by atoms with Crippen molar-refractivity contribution < 1.29 is 4.42 Å². The molecule has 0 aliphatic rings. The molecule has 3 N–H and O–H groups in total. The number of nitrogens with two attached hydrogens (primary N) is 1. The lowest BCUT2D eigenvalue weighted by atomic mass is 10.0. The number of hydrogen-bond acceptors (Lipinski definition) is 3. The molecule has 21 heavy (non-hydrogen) atoms. The molecule has 1 heterocycles. The van der Waals surface area contributed by atoms with Gasteiger partial charge in [0.05, 0.1) is 0 Å². The van der Waals surface area contributed by atoms with Crippen LogP contribution >= 0.6 is 34.2 Å². The second-order valence-electron chi connectivity index (χ2n) is 4.96. The summed E-state index contributed by atoms with van der Waals surface area (Å²) in [4.78, 5) is 0. The van der Waals surface area contributed by atoms with Crippen LogP contribution in [0.4, 0.5) is 0 Å². The fraction of sp³-hybridized carbons (Fsp3) is 0.125. The van der Waals surface area contributed by atoms with Gasteiger partial charge in [0.25, 0.3) is 0 Å². The van der Waals surface area contributed by atoms with Gasteiger partial charge in [0.15, 0.2) is 0 Å². The lowest BCUT2D eigenvalue weighted by Crippen LogP contribution is -2.29. The number of aryl methyl sites for hydroxylation is 1. The number of rotatable bonds is 3. The zero-order chi connectivity index (χ0) is 15.0. The van der Waals surface area contributed by atoms with Crippen molar-refractivity contribution in [3.63, 3.8) is 0 Å². The van der Waals surface area contributed by atoms with E-state index in [4.69, 9.17) is 21.9 Å². The summed E-state index contributed by atoms with van der Waals surface area (Å²) in [6.45, 7) is 2.06. The number of nitrogens with one attached hydrogen (secondary N) is 1. The standard InChI is InChI=1S/C16H14ClIN2O/c1-9-2-5-14-10(6-9)7-15(21-14)16(20-19)12-8-11(17)3-4-13(12)18/h2-8,16,20H,19H2,1H3. The Morgan fingerprint density at radius 1 is 1.19 bits per heavy atom. The molecule has 0 saturated carbocycles. The van der Waals surface area contributed by atoms with Crippen LogP contribution in [0.2, 0.25) is 5.02 Å². The Kier molecular flexibility index (Phi) is 4.21. The fourth-order valence-corrected chi connectivity index (χ4v) is 3.21. The Balaban J connectivity index is 2.11. The van der Waals surface area contributed by atoms with Crippen molar-refractivity contribution in [2.75, 3.05) is 0 Å². The van der Waals surface area contributed by atoms with Crippen molar-refractivity contribution in [3.8, 4) is 0 Å². The molecule has 108 valence electrons.